The molecule has 7 heteroatoms. The van der Waals surface area contributed by atoms with Crippen LogP contribution >= 0.6 is 11.3 Å². The molecule has 2 heterocycles. The Labute approximate surface area is 174 Å². The number of amides is 2. The van der Waals surface area contributed by atoms with E-state index in [0.717, 1.165) is 40.9 Å². The topological polar surface area (TPSA) is 76.0 Å². The average molecular weight is 411 g/mol. The molecule has 0 bridgehead atoms. The lowest BCUT2D eigenvalue weighted by Gasteiger charge is -2.23. The second-order valence-corrected chi connectivity index (χ2v) is 8.82. The molecule has 0 aliphatic heterocycles. The molecule has 1 saturated carbocycles. The predicted molar refractivity (Wildman–Crippen MR) is 116 cm³/mol. The number of fused-ring (bicyclic) bond motifs is 1. The minimum absolute atomic E-state index is 0.108. The molecule has 1 aliphatic carbocycles. The predicted octanol–water partition coefficient (Wildman–Crippen LogP) is 3.86. The summed E-state index contributed by atoms with van der Waals surface area (Å²) in [5.74, 6) is 0.425. The van der Waals surface area contributed by atoms with E-state index in [9.17, 15) is 9.59 Å². The van der Waals surface area contributed by atoms with Crippen LogP contribution in [0.2, 0.25) is 0 Å². The minimum atomic E-state index is -0.113. The molecule has 29 heavy (non-hydrogen) atoms. The summed E-state index contributed by atoms with van der Waals surface area (Å²) in [6.45, 7) is 5.10. The van der Waals surface area contributed by atoms with Gasteiger partial charge in [0.2, 0.25) is 5.91 Å². The Hall–Kier alpha value is -2.67. The van der Waals surface area contributed by atoms with Gasteiger partial charge in [-0.05, 0) is 37.0 Å². The zero-order chi connectivity index (χ0) is 20.4. The minimum Gasteiger partial charge on any atom is -0.354 e. The fourth-order valence-corrected chi connectivity index (χ4v) is 4.53. The zero-order valence-electron chi connectivity index (χ0n) is 16.8. The van der Waals surface area contributed by atoms with Crippen LogP contribution in [0.1, 0.15) is 54.4 Å². The maximum atomic E-state index is 12.6. The van der Waals surface area contributed by atoms with Crippen molar-refractivity contribution in [2.24, 2.45) is 5.92 Å². The third-order valence-electron chi connectivity index (χ3n) is 5.35. The highest BCUT2D eigenvalue weighted by molar-refractivity contribution is 7.20. The van der Waals surface area contributed by atoms with Gasteiger partial charge in [0.15, 0.2) is 0 Å². The van der Waals surface area contributed by atoms with Crippen LogP contribution in [0.15, 0.2) is 36.4 Å². The summed E-state index contributed by atoms with van der Waals surface area (Å²) >= 11 is 1.45. The van der Waals surface area contributed by atoms with Gasteiger partial charge in [0, 0.05) is 24.4 Å². The largest absolute Gasteiger partial charge is 0.354 e. The van der Waals surface area contributed by atoms with Gasteiger partial charge in [-0.2, -0.15) is 5.10 Å². The molecule has 2 amide bonds. The normalized spacial score (nSPS) is 14.2. The van der Waals surface area contributed by atoms with Crippen LogP contribution in [0.4, 0.5) is 0 Å². The van der Waals surface area contributed by atoms with E-state index in [1.807, 2.05) is 41.1 Å². The summed E-state index contributed by atoms with van der Waals surface area (Å²) < 4.78 is 1.92. The fraction of sp³-hybridized carbons (Fsp3) is 0.409. The number of thiophene rings is 1. The first-order valence-electron chi connectivity index (χ1n) is 10.2. The molecule has 0 radical (unpaired) electrons. The molecule has 0 spiro atoms. The van der Waals surface area contributed by atoms with Gasteiger partial charge < -0.3 is 10.6 Å². The van der Waals surface area contributed by atoms with Crippen molar-refractivity contribution in [2.75, 3.05) is 13.1 Å². The first-order chi connectivity index (χ1) is 14.0. The van der Waals surface area contributed by atoms with Gasteiger partial charge in [-0.1, -0.05) is 38.5 Å². The molecule has 2 N–H and O–H groups in total. The Morgan fingerprint density at radius 3 is 2.55 bits per heavy atom. The van der Waals surface area contributed by atoms with Gasteiger partial charge in [0.05, 0.1) is 16.3 Å². The lowest BCUT2D eigenvalue weighted by atomic mass is 9.85. The SMILES string of the molecule is CC(C)c1nn(-c2ccccc2)c2sc(C(=O)NCCNC(=O)C3CCC3)cc12. The molecule has 0 saturated heterocycles. The monoisotopic (exact) mass is 410 g/mol. The number of para-hydroxylation sites is 1. The van der Waals surface area contributed by atoms with Crippen LogP contribution in [0.5, 0.6) is 0 Å². The van der Waals surface area contributed by atoms with E-state index in [0.29, 0.717) is 18.0 Å². The highest BCUT2D eigenvalue weighted by atomic mass is 32.1. The molecule has 6 nitrogen and oxygen atoms in total. The van der Waals surface area contributed by atoms with Crippen molar-refractivity contribution in [1.29, 1.82) is 0 Å². The summed E-state index contributed by atoms with van der Waals surface area (Å²) in [6.07, 6.45) is 3.10. The molecule has 0 unspecified atom stereocenters. The average Bonchev–Trinajstić information content (AvgIpc) is 3.23. The molecule has 3 aromatic rings. The van der Waals surface area contributed by atoms with Gasteiger partial charge in [-0.15, -0.1) is 11.3 Å². The number of nitrogens with one attached hydrogen (secondary N) is 2. The number of aromatic nitrogens is 2. The highest BCUT2D eigenvalue weighted by Gasteiger charge is 2.24. The van der Waals surface area contributed by atoms with Gasteiger partial charge in [-0.3, -0.25) is 9.59 Å². The van der Waals surface area contributed by atoms with Crippen molar-refractivity contribution in [3.05, 3.63) is 47.0 Å². The standard InChI is InChI=1S/C22H26N4O2S/c1-14(2)19-17-13-18(21(28)24-12-11-23-20(27)15-7-6-8-15)29-22(17)26(25-19)16-9-4-3-5-10-16/h3-5,9-10,13-15H,6-8,11-12H2,1-2H3,(H,23,27)(H,24,28). The number of benzene rings is 1. The van der Waals surface area contributed by atoms with E-state index in [1.165, 1.54) is 11.3 Å². The number of nitrogens with zero attached hydrogens (tertiary/aromatic N) is 2. The molecule has 1 aliphatic rings. The number of hydrogen-bond acceptors (Lipinski definition) is 4. The summed E-state index contributed by atoms with van der Waals surface area (Å²) in [6, 6.07) is 11.9. The van der Waals surface area contributed by atoms with Gasteiger partial charge in [-0.25, -0.2) is 4.68 Å². The Kier molecular flexibility index (Phi) is 5.67. The van der Waals surface area contributed by atoms with Crippen LogP contribution in [0.25, 0.3) is 15.9 Å². The molecule has 1 fully saturated rings. The fourth-order valence-electron chi connectivity index (χ4n) is 3.48. The molecular formula is C22H26N4O2S. The van der Waals surface area contributed by atoms with E-state index in [-0.39, 0.29) is 23.7 Å². The maximum Gasteiger partial charge on any atom is 0.261 e. The van der Waals surface area contributed by atoms with Crippen molar-refractivity contribution in [3.8, 4) is 5.69 Å². The first kappa shape index (κ1) is 19.6. The molecule has 152 valence electrons. The van der Waals surface area contributed by atoms with Gasteiger partial charge in [0.1, 0.15) is 4.83 Å². The number of carbonyl (C=O) groups is 2. The molecule has 1 aromatic carbocycles. The lowest BCUT2D eigenvalue weighted by molar-refractivity contribution is -0.127. The van der Waals surface area contributed by atoms with Crippen LogP contribution < -0.4 is 10.6 Å². The zero-order valence-corrected chi connectivity index (χ0v) is 17.6. The quantitative estimate of drug-likeness (QED) is 0.581. The number of hydrogen-bond donors (Lipinski definition) is 2. The molecule has 2 aromatic heterocycles. The van der Waals surface area contributed by atoms with Crippen LogP contribution in [0.3, 0.4) is 0 Å². The molecule has 0 atom stereocenters. The second-order valence-electron chi connectivity index (χ2n) is 7.79. The highest BCUT2D eigenvalue weighted by Crippen LogP contribution is 2.33. The smallest absolute Gasteiger partial charge is 0.261 e. The maximum absolute atomic E-state index is 12.6. The van der Waals surface area contributed by atoms with Gasteiger partial charge in [0.25, 0.3) is 5.91 Å². The van der Waals surface area contributed by atoms with Crippen LogP contribution in [0, 0.1) is 5.92 Å². The summed E-state index contributed by atoms with van der Waals surface area (Å²) in [4.78, 5) is 26.1. The summed E-state index contributed by atoms with van der Waals surface area (Å²) in [5.41, 5.74) is 1.98. The third kappa shape index (κ3) is 4.05. The second kappa shape index (κ2) is 8.37. The van der Waals surface area contributed by atoms with Crippen molar-refractivity contribution >= 4 is 33.4 Å². The molecular weight excluding hydrogens is 384 g/mol. The van der Waals surface area contributed by atoms with Crippen molar-refractivity contribution in [3.63, 3.8) is 0 Å². The Bertz CT molecular complexity index is 1020. The first-order valence-corrected chi connectivity index (χ1v) is 11.0. The van der Waals surface area contributed by atoms with Crippen molar-refractivity contribution in [2.45, 2.75) is 39.0 Å². The van der Waals surface area contributed by atoms with E-state index in [1.54, 1.807) is 0 Å². The van der Waals surface area contributed by atoms with E-state index in [2.05, 4.69) is 24.5 Å². The van der Waals surface area contributed by atoms with Gasteiger partial charge >= 0.3 is 0 Å². The number of rotatable bonds is 7. The Morgan fingerprint density at radius 2 is 1.90 bits per heavy atom. The van der Waals surface area contributed by atoms with E-state index >= 15 is 0 Å². The summed E-state index contributed by atoms with van der Waals surface area (Å²) in [5, 5.41) is 11.6. The van der Waals surface area contributed by atoms with Crippen LogP contribution in [-0.4, -0.2) is 34.7 Å². The third-order valence-corrected chi connectivity index (χ3v) is 6.46. The van der Waals surface area contributed by atoms with Crippen molar-refractivity contribution in [1.82, 2.24) is 20.4 Å². The lowest BCUT2D eigenvalue weighted by Crippen LogP contribution is -2.39. The Morgan fingerprint density at radius 1 is 1.17 bits per heavy atom. The van der Waals surface area contributed by atoms with E-state index < -0.39 is 0 Å². The molecule has 4 rings (SSSR count). The Balaban J connectivity index is 1.47. The summed E-state index contributed by atoms with van der Waals surface area (Å²) in [7, 11) is 0. The van der Waals surface area contributed by atoms with E-state index in [4.69, 9.17) is 5.10 Å². The number of carbonyl (C=O) groups excluding carboxylic acids is 2. The van der Waals surface area contributed by atoms with Crippen molar-refractivity contribution < 1.29 is 9.59 Å². The van der Waals surface area contributed by atoms with Crippen LogP contribution in [-0.2, 0) is 4.79 Å².